The monoisotopic (exact) mass is 109 g/mol. The minimum absolute atomic E-state index is 0. The summed E-state index contributed by atoms with van der Waals surface area (Å²) in [4.78, 5) is 9.38. The van der Waals surface area contributed by atoms with Gasteiger partial charge in [0.15, 0.2) is 0 Å². The van der Waals surface area contributed by atoms with E-state index < -0.39 is 12.4 Å². The van der Waals surface area contributed by atoms with E-state index in [0.717, 1.165) is 0 Å². The molecular weight excluding hydrogens is 105 g/mol. The van der Waals surface area contributed by atoms with Gasteiger partial charge < -0.3 is 6.53 Å². The minimum Gasteiger partial charge on any atom is -1.00 e. The fraction of sp³-hybridized carbons (Fsp3) is 0.333. The Hall–Kier alpha value is -0.0400. The fourth-order valence-electron chi connectivity index (χ4n) is 0.0676. The molecule has 3 nitrogen and oxygen atoms in total. The van der Waals surface area contributed by atoms with E-state index in [1.165, 1.54) is 6.07 Å². The first kappa shape index (κ1) is 10.0. The van der Waals surface area contributed by atoms with E-state index >= 15 is 0 Å². The zero-order valence-electron chi connectivity index (χ0n) is 5.01. The molecule has 0 bridgehead atoms. The van der Waals surface area contributed by atoms with Crippen molar-refractivity contribution in [2.75, 3.05) is 0 Å². The van der Waals surface area contributed by atoms with Gasteiger partial charge in [-0.15, -0.1) is 0 Å². The van der Waals surface area contributed by atoms with Crippen molar-refractivity contribution in [2.24, 2.45) is 0 Å². The summed E-state index contributed by atoms with van der Waals surface area (Å²) in [6, 6.07) is 1.47. The molecule has 0 aromatic rings. The summed E-state index contributed by atoms with van der Waals surface area (Å²) in [7, 11) is 0. The van der Waals surface area contributed by atoms with Crippen LogP contribution in [0.2, 0.25) is 0 Å². The average molecular weight is 109 g/mol. The Labute approximate surface area is 64.7 Å². The van der Waals surface area contributed by atoms with Gasteiger partial charge in [-0.3, -0.25) is 4.79 Å². The van der Waals surface area contributed by atoms with Crippen molar-refractivity contribution >= 4 is 5.97 Å². The van der Waals surface area contributed by atoms with Gasteiger partial charge in [-0.25, -0.2) is 0 Å². The predicted octanol–water partition coefficient (Wildman–Crippen LogP) is -2.90. The summed E-state index contributed by atoms with van der Waals surface area (Å²) in [5.74, 6) is -1.07. The second kappa shape index (κ2) is 5.96. The Balaban J connectivity index is -0.000000125. The predicted molar refractivity (Wildman–Crippen MR) is 19.0 cm³/mol. The van der Waals surface area contributed by atoms with E-state index in [9.17, 15) is 4.79 Å². The zero-order chi connectivity index (χ0) is 4.99. The molecular formula is C3H4NNaO2. The molecule has 0 fully saturated rings. The summed E-state index contributed by atoms with van der Waals surface area (Å²) in [5.41, 5.74) is 0. The molecule has 0 aromatic carbocycles. The molecule has 0 heterocycles. The summed E-state index contributed by atoms with van der Waals surface area (Å²) in [6.45, 7) is 0. The van der Waals surface area contributed by atoms with Crippen LogP contribution in [0.4, 0.5) is 0 Å². The third-order valence-electron chi connectivity index (χ3n) is 0.230. The largest absolute Gasteiger partial charge is 1.00 e. The van der Waals surface area contributed by atoms with Gasteiger partial charge in [-0.2, -0.15) is 5.26 Å². The maximum Gasteiger partial charge on any atom is 1.00 e. The quantitative estimate of drug-likeness (QED) is 0.367. The van der Waals surface area contributed by atoms with Crippen molar-refractivity contribution in [1.82, 2.24) is 0 Å². The number of nitrogens with zero attached hydrogens (tertiary/aromatic N) is 1. The van der Waals surface area contributed by atoms with Crippen molar-refractivity contribution in [3.8, 4) is 6.07 Å². The van der Waals surface area contributed by atoms with E-state index in [1.807, 2.05) is 0 Å². The molecule has 0 radical (unpaired) electrons. The van der Waals surface area contributed by atoms with Crippen molar-refractivity contribution in [3.05, 3.63) is 0 Å². The molecule has 0 saturated carbocycles. The first-order valence-corrected chi connectivity index (χ1v) is 1.36. The second-order valence-corrected chi connectivity index (χ2v) is 0.729. The molecule has 0 aromatic heterocycles. The third-order valence-corrected chi connectivity index (χ3v) is 0.230. The number of carboxylic acids is 1. The number of aliphatic carboxylic acids is 1. The first-order valence-electron chi connectivity index (χ1n) is 1.36. The van der Waals surface area contributed by atoms with Gasteiger partial charge in [0.05, 0.1) is 6.07 Å². The van der Waals surface area contributed by atoms with Crippen molar-refractivity contribution in [3.63, 3.8) is 0 Å². The molecule has 0 unspecified atom stereocenters. The standard InChI is InChI=1S/C3H3NO2.Na.H/c4-2-1-3(5)6;;/h1H2,(H,5,6);;/q;+1;-1. The van der Waals surface area contributed by atoms with Crippen LogP contribution in [0.25, 0.3) is 0 Å². The van der Waals surface area contributed by atoms with E-state index in [-0.39, 0.29) is 31.0 Å². The van der Waals surface area contributed by atoms with Gasteiger partial charge in [0.25, 0.3) is 0 Å². The number of hydrogen-bond donors (Lipinski definition) is 1. The van der Waals surface area contributed by atoms with Crippen LogP contribution in [0.1, 0.15) is 7.85 Å². The SMILES string of the molecule is N#CCC(=O)O.[H-].[Na+]. The molecule has 0 amide bonds. The summed E-state index contributed by atoms with van der Waals surface area (Å²) in [5, 5.41) is 15.3. The molecule has 0 rings (SSSR count). The number of carbonyl (C=O) groups is 1. The summed E-state index contributed by atoms with van der Waals surface area (Å²) < 4.78 is 0. The van der Waals surface area contributed by atoms with Gasteiger partial charge >= 0.3 is 35.5 Å². The Bertz CT molecular complexity index is 99.9. The smallest absolute Gasteiger partial charge is 1.00 e. The van der Waals surface area contributed by atoms with E-state index in [2.05, 4.69) is 0 Å². The Kier molecular flexibility index (Phi) is 8.56. The molecule has 0 spiro atoms. The molecule has 34 valence electrons. The number of nitriles is 1. The molecule has 0 atom stereocenters. The van der Waals surface area contributed by atoms with Gasteiger partial charge in [0.1, 0.15) is 6.42 Å². The molecule has 0 aliphatic carbocycles. The molecule has 7 heavy (non-hydrogen) atoms. The van der Waals surface area contributed by atoms with E-state index in [1.54, 1.807) is 0 Å². The molecule has 0 aliphatic heterocycles. The van der Waals surface area contributed by atoms with Crippen molar-refractivity contribution in [1.29, 1.82) is 5.26 Å². The summed E-state index contributed by atoms with van der Waals surface area (Å²) >= 11 is 0. The maximum absolute atomic E-state index is 9.38. The molecule has 4 heteroatoms. The minimum atomic E-state index is -1.07. The van der Waals surface area contributed by atoms with Crippen LogP contribution in [0.15, 0.2) is 0 Å². The Morgan fingerprint density at radius 2 is 2.43 bits per heavy atom. The van der Waals surface area contributed by atoms with Gasteiger partial charge in [-0.1, -0.05) is 0 Å². The molecule has 1 N–H and O–H groups in total. The Morgan fingerprint density at radius 3 is 2.43 bits per heavy atom. The first-order chi connectivity index (χ1) is 2.77. The Morgan fingerprint density at radius 1 is 2.00 bits per heavy atom. The number of rotatable bonds is 1. The van der Waals surface area contributed by atoms with Gasteiger partial charge in [0.2, 0.25) is 0 Å². The number of hydrogen-bond acceptors (Lipinski definition) is 2. The molecule has 0 saturated heterocycles. The van der Waals surface area contributed by atoms with Crippen LogP contribution in [0.3, 0.4) is 0 Å². The topological polar surface area (TPSA) is 61.1 Å². The van der Waals surface area contributed by atoms with Crippen LogP contribution >= 0.6 is 0 Å². The zero-order valence-corrected chi connectivity index (χ0v) is 6.01. The van der Waals surface area contributed by atoms with Crippen molar-refractivity contribution < 1.29 is 40.9 Å². The summed E-state index contributed by atoms with van der Waals surface area (Å²) in [6.07, 6.45) is -0.403. The second-order valence-electron chi connectivity index (χ2n) is 0.729. The fourth-order valence-corrected chi connectivity index (χ4v) is 0.0676. The normalized spacial score (nSPS) is 5.57. The average Bonchev–Trinajstić information content (AvgIpc) is 1.35. The molecule has 0 aliphatic rings. The third kappa shape index (κ3) is 10.7. The van der Waals surface area contributed by atoms with Crippen molar-refractivity contribution in [2.45, 2.75) is 6.42 Å². The number of carboxylic acid groups (broad SMARTS) is 1. The van der Waals surface area contributed by atoms with Crippen LogP contribution in [-0.4, -0.2) is 11.1 Å². The van der Waals surface area contributed by atoms with E-state index in [4.69, 9.17) is 10.4 Å². The van der Waals surface area contributed by atoms with Crippen LogP contribution in [0.5, 0.6) is 0 Å². The van der Waals surface area contributed by atoms with E-state index in [0.29, 0.717) is 0 Å². The van der Waals surface area contributed by atoms with Gasteiger partial charge in [0, 0.05) is 0 Å². The maximum atomic E-state index is 9.38. The van der Waals surface area contributed by atoms with Crippen LogP contribution < -0.4 is 29.6 Å². The van der Waals surface area contributed by atoms with Gasteiger partial charge in [-0.05, 0) is 0 Å². The van der Waals surface area contributed by atoms with Crippen LogP contribution in [-0.2, 0) is 4.79 Å². The van der Waals surface area contributed by atoms with Crippen LogP contribution in [0, 0.1) is 11.3 Å².